The molecule has 3 heterocycles. The lowest BCUT2D eigenvalue weighted by molar-refractivity contribution is 0.146. The summed E-state index contributed by atoms with van der Waals surface area (Å²) in [6.07, 6.45) is 5.21. The van der Waals surface area contributed by atoms with Crippen molar-refractivity contribution in [3.63, 3.8) is 0 Å². The predicted octanol–water partition coefficient (Wildman–Crippen LogP) is 4.25. The van der Waals surface area contributed by atoms with Gasteiger partial charge in [0, 0.05) is 37.0 Å². The number of imidazole rings is 1. The first-order chi connectivity index (χ1) is 17.1. The van der Waals surface area contributed by atoms with E-state index in [0.29, 0.717) is 41.8 Å². The first kappa shape index (κ1) is 22.7. The lowest BCUT2D eigenvalue weighted by Crippen LogP contribution is -2.32. The molecule has 0 unspecified atom stereocenters. The summed E-state index contributed by atoms with van der Waals surface area (Å²) >= 11 is 0. The molecule has 35 heavy (non-hydrogen) atoms. The van der Waals surface area contributed by atoms with Crippen molar-refractivity contribution in [2.24, 2.45) is 0 Å². The average molecular weight is 477 g/mol. The summed E-state index contributed by atoms with van der Waals surface area (Å²) in [5.41, 5.74) is 2.47. The van der Waals surface area contributed by atoms with Crippen molar-refractivity contribution in [3.05, 3.63) is 60.7 Å². The number of hydrogen-bond donors (Lipinski definition) is 1. The van der Waals surface area contributed by atoms with E-state index in [0.717, 1.165) is 31.5 Å². The summed E-state index contributed by atoms with van der Waals surface area (Å²) in [5.74, 6) is 0.531. The number of carbonyl (C=O) groups excluding carboxylic acids is 1. The van der Waals surface area contributed by atoms with Crippen LogP contribution in [0.1, 0.15) is 12.8 Å². The van der Waals surface area contributed by atoms with E-state index in [1.165, 1.54) is 16.6 Å². The zero-order valence-corrected chi connectivity index (χ0v) is 19.3. The molecule has 180 valence electrons. The van der Waals surface area contributed by atoms with Gasteiger partial charge in [-0.05, 0) is 43.2 Å². The van der Waals surface area contributed by atoms with Crippen LogP contribution in [0.2, 0.25) is 0 Å². The fourth-order valence-electron chi connectivity index (χ4n) is 4.00. The number of methoxy groups -OCH3 is 1. The number of urea groups is 1. The molecule has 1 fully saturated rings. The summed E-state index contributed by atoms with van der Waals surface area (Å²) in [5, 5.41) is 7.46. The van der Waals surface area contributed by atoms with Gasteiger partial charge in [-0.2, -0.15) is 5.10 Å². The number of rotatable bonds is 7. The van der Waals surface area contributed by atoms with E-state index in [9.17, 15) is 9.18 Å². The van der Waals surface area contributed by atoms with Gasteiger partial charge in [-0.25, -0.2) is 23.7 Å². The molecule has 0 bridgehead atoms. The minimum Gasteiger partial charge on any atom is -0.490 e. The molecular formula is C25H25FN6O3. The average Bonchev–Trinajstić information content (AvgIpc) is 3.56. The molecule has 2 amide bonds. The number of aromatic nitrogens is 4. The normalized spacial score (nSPS) is 13.4. The van der Waals surface area contributed by atoms with E-state index in [-0.39, 0.29) is 11.6 Å². The second-order valence-electron chi connectivity index (χ2n) is 8.17. The molecule has 2 aromatic heterocycles. The van der Waals surface area contributed by atoms with Crippen LogP contribution in [0.25, 0.3) is 28.3 Å². The van der Waals surface area contributed by atoms with E-state index in [2.05, 4.69) is 20.4 Å². The van der Waals surface area contributed by atoms with Crippen LogP contribution in [0.3, 0.4) is 0 Å². The summed E-state index contributed by atoms with van der Waals surface area (Å²) < 4.78 is 27.1. The van der Waals surface area contributed by atoms with Gasteiger partial charge in [-0.15, -0.1) is 0 Å². The van der Waals surface area contributed by atoms with Crippen LogP contribution in [0.4, 0.5) is 14.9 Å². The van der Waals surface area contributed by atoms with Crippen LogP contribution >= 0.6 is 0 Å². The van der Waals surface area contributed by atoms with E-state index >= 15 is 0 Å². The largest absolute Gasteiger partial charge is 0.490 e. The molecule has 5 rings (SSSR count). The predicted molar refractivity (Wildman–Crippen MR) is 129 cm³/mol. The number of para-hydroxylation sites is 1. The minimum absolute atomic E-state index is 0.186. The van der Waals surface area contributed by atoms with Gasteiger partial charge in [0.1, 0.15) is 23.9 Å². The molecule has 9 nitrogen and oxygen atoms in total. The molecule has 4 aromatic rings. The molecule has 0 saturated carbocycles. The molecule has 10 heteroatoms. The third-order valence-electron chi connectivity index (χ3n) is 5.78. The van der Waals surface area contributed by atoms with Crippen molar-refractivity contribution in [2.75, 3.05) is 38.7 Å². The first-order valence-corrected chi connectivity index (χ1v) is 11.4. The first-order valence-electron chi connectivity index (χ1n) is 11.4. The number of fused-ring (bicyclic) bond motifs is 1. The summed E-state index contributed by atoms with van der Waals surface area (Å²) in [6, 6.07) is 11.8. The Kier molecular flexibility index (Phi) is 6.53. The number of amides is 2. The minimum atomic E-state index is -0.454. The van der Waals surface area contributed by atoms with E-state index in [4.69, 9.17) is 9.47 Å². The highest BCUT2D eigenvalue weighted by Crippen LogP contribution is 2.29. The Balaban J connectivity index is 1.43. The molecule has 2 aromatic carbocycles. The molecule has 1 saturated heterocycles. The zero-order valence-electron chi connectivity index (χ0n) is 19.3. The third kappa shape index (κ3) is 4.92. The number of hydrogen-bond acceptors (Lipinski definition) is 6. The van der Waals surface area contributed by atoms with Gasteiger partial charge in [0.25, 0.3) is 5.78 Å². The fourth-order valence-corrected chi connectivity index (χ4v) is 4.00. The van der Waals surface area contributed by atoms with Crippen LogP contribution in [0.5, 0.6) is 5.75 Å². The Morgan fingerprint density at radius 3 is 2.74 bits per heavy atom. The van der Waals surface area contributed by atoms with Gasteiger partial charge < -0.3 is 19.7 Å². The van der Waals surface area contributed by atoms with Crippen LogP contribution < -0.4 is 10.1 Å². The molecule has 1 N–H and O–H groups in total. The van der Waals surface area contributed by atoms with Crippen LogP contribution in [-0.4, -0.2) is 63.9 Å². The topological polar surface area (TPSA) is 93.9 Å². The molecule has 1 aliphatic rings. The molecular weight excluding hydrogens is 451 g/mol. The summed E-state index contributed by atoms with van der Waals surface area (Å²) in [7, 11) is 1.62. The molecule has 0 atom stereocenters. The number of anilines is 1. The standard InChI is InChI=1S/C25H25FN6O3/c1-34-12-13-35-23-7-3-2-6-18(23)21-15-27-24-29-22(16-32(24)30-21)19-14-17(8-9-20(19)26)28-25(33)31-10-4-5-11-31/h2-3,6-9,14-16H,4-5,10-13H2,1H3,(H,28,33). The Morgan fingerprint density at radius 1 is 1.09 bits per heavy atom. The van der Waals surface area contributed by atoms with Crippen molar-refractivity contribution in [3.8, 4) is 28.3 Å². The summed E-state index contributed by atoms with van der Waals surface area (Å²) in [6.45, 7) is 2.33. The highest BCUT2D eigenvalue weighted by Gasteiger charge is 2.19. The van der Waals surface area contributed by atoms with E-state index < -0.39 is 5.82 Å². The number of ether oxygens (including phenoxy) is 2. The SMILES string of the molecule is COCCOc1ccccc1-c1cnc2nc(-c3cc(NC(=O)N4CCCC4)ccc3F)cn2n1. The lowest BCUT2D eigenvalue weighted by Gasteiger charge is -2.16. The maximum absolute atomic E-state index is 14.7. The zero-order chi connectivity index (χ0) is 24.2. The Hall–Kier alpha value is -4.05. The second kappa shape index (κ2) is 10.1. The number of likely N-dealkylation sites (tertiary alicyclic amines) is 1. The Labute approximate surface area is 201 Å². The quantitative estimate of drug-likeness (QED) is 0.401. The van der Waals surface area contributed by atoms with Crippen molar-refractivity contribution in [1.29, 1.82) is 0 Å². The lowest BCUT2D eigenvalue weighted by atomic mass is 10.1. The highest BCUT2D eigenvalue weighted by molar-refractivity contribution is 5.90. The van der Waals surface area contributed by atoms with Crippen molar-refractivity contribution >= 4 is 17.5 Å². The fraction of sp³-hybridized carbons (Fsp3) is 0.280. The number of nitrogens with one attached hydrogen (secondary N) is 1. The number of carbonyl (C=O) groups is 1. The van der Waals surface area contributed by atoms with Gasteiger partial charge in [-0.1, -0.05) is 12.1 Å². The van der Waals surface area contributed by atoms with Crippen LogP contribution in [-0.2, 0) is 4.74 Å². The maximum atomic E-state index is 14.7. The van der Waals surface area contributed by atoms with Crippen molar-refractivity contribution in [1.82, 2.24) is 24.5 Å². The van der Waals surface area contributed by atoms with Crippen LogP contribution in [0.15, 0.2) is 54.9 Å². The Morgan fingerprint density at radius 2 is 1.91 bits per heavy atom. The third-order valence-corrected chi connectivity index (χ3v) is 5.78. The van der Waals surface area contributed by atoms with Gasteiger partial charge in [0.05, 0.1) is 24.7 Å². The van der Waals surface area contributed by atoms with E-state index in [1.54, 1.807) is 30.5 Å². The second-order valence-corrected chi connectivity index (χ2v) is 8.17. The van der Waals surface area contributed by atoms with Gasteiger partial charge >= 0.3 is 6.03 Å². The summed E-state index contributed by atoms with van der Waals surface area (Å²) in [4.78, 5) is 23.0. The van der Waals surface area contributed by atoms with Crippen molar-refractivity contribution in [2.45, 2.75) is 12.8 Å². The molecule has 0 radical (unpaired) electrons. The van der Waals surface area contributed by atoms with Gasteiger partial charge in [-0.3, -0.25) is 0 Å². The maximum Gasteiger partial charge on any atom is 0.321 e. The molecule has 1 aliphatic heterocycles. The molecule has 0 aliphatic carbocycles. The highest BCUT2D eigenvalue weighted by atomic mass is 19.1. The van der Waals surface area contributed by atoms with E-state index in [1.807, 2.05) is 24.3 Å². The smallest absolute Gasteiger partial charge is 0.321 e. The Bertz CT molecular complexity index is 1350. The van der Waals surface area contributed by atoms with Crippen molar-refractivity contribution < 1.29 is 18.7 Å². The monoisotopic (exact) mass is 476 g/mol. The number of halogens is 1. The van der Waals surface area contributed by atoms with Gasteiger partial charge in [0.2, 0.25) is 0 Å². The molecule has 0 spiro atoms. The van der Waals surface area contributed by atoms with Crippen LogP contribution in [0, 0.1) is 5.82 Å². The number of benzene rings is 2. The van der Waals surface area contributed by atoms with Gasteiger partial charge in [0.15, 0.2) is 0 Å². The number of nitrogens with zero attached hydrogens (tertiary/aromatic N) is 5.